The van der Waals surface area contributed by atoms with E-state index in [4.69, 9.17) is 4.74 Å². The third-order valence-electron chi connectivity index (χ3n) is 3.46. The van der Waals surface area contributed by atoms with E-state index < -0.39 is 0 Å². The van der Waals surface area contributed by atoms with Gasteiger partial charge in [0.25, 0.3) is 0 Å². The highest BCUT2D eigenvalue weighted by Crippen LogP contribution is 2.27. The van der Waals surface area contributed by atoms with Crippen LogP contribution in [0.2, 0.25) is 0 Å². The van der Waals surface area contributed by atoms with Crippen LogP contribution in [0, 0.1) is 0 Å². The molecule has 2 atom stereocenters. The Morgan fingerprint density at radius 2 is 2.26 bits per heavy atom. The summed E-state index contributed by atoms with van der Waals surface area (Å²) in [7, 11) is 0. The Balaban J connectivity index is 1.69. The Kier molecular flexibility index (Phi) is 4.80. The minimum absolute atomic E-state index is 0.0276. The third-order valence-corrected chi connectivity index (χ3v) is 3.46. The summed E-state index contributed by atoms with van der Waals surface area (Å²) >= 11 is 0. The van der Waals surface area contributed by atoms with Crippen LogP contribution in [0.1, 0.15) is 25.8 Å². The van der Waals surface area contributed by atoms with Crippen molar-refractivity contribution in [3.63, 3.8) is 0 Å². The molecule has 2 unspecified atom stereocenters. The number of carbonyl (C=O) groups is 1. The summed E-state index contributed by atoms with van der Waals surface area (Å²) < 4.78 is 5.77. The molecule has 4 nitrogen and oxygen atoms in total. The fraction of sp³-hybridized carbons (Fsp3) is 0.533. The van der Waals surface area contributed by atoms with Crippen molar-refractivity contribution in [1.82, 2.24) is 10.6 Å². The van der Waals surface area contributed by atoms with Crippen molar-refractivity contribution in [2.24, 2.45) is 0 Å². The van der Waals surface area contributed by atoms with Crippen LogP contribution in [0.15, 0.2) is 24.3 Å². The van der Waals surface area contributed by atoms with Crippen LogP contribution in [0.4, 0.5) is 0 Å². The molecule has 0 fully saturated rings. The van der Waals surface area contributed by atoms with Gasteiger partial charge < -0.3 is 15.4 Å². The standard InChI is InChI=1S/C15H22N2O2/c1-3-11(2)16-10-15(18)17-9-13-8-12-6-4-5-7-14(12)19-13/h4-7,11,13,16H,3,8-10H2,1-2H3,(H,17,18). The van der Waals surface area contributed by atoms with Crippen molar-refractivity contribution in [1.29, 1.82) is 0 Å². The van der Waals surface area contributed by atoms with Crippen LogP contribution in [0.3, 0.4) is 0 Å². The van der Waals surface area contributed by atoms with Crippen molar-refractivity contribution in [2.45, 2.75) is 38.8 Å². The number of hydrogen-bond acceptors (Lipinski definition) is 3. The monoisotopic (exact) mass is 262 g/mol. The lowest BCUT2D eigenvalue weighted by Crippen LogP contribution is -2.41. The molecule has 0 spiro atoms. The Hall–Kier alpha value is -1.55. The second kappa shape index (κ2) is 6.57. The first-order valence-corrected chi connectivity index (χ1v) is 6.93. The maximum absolute atomic E-state index is 11.7. The lowest BCUT2D eigenvalue weighted by atomic mass is 10.1. The summed E-state index contributed by atoms with van der Waals surface area (Å²) in [6.45, 7) is 5.10. The number of amides is 1. The van der Waals surface area contributed by atoms with Gasteiger partial charge in [-0.3, -0.25) is 4.79 Å². The highest BCUT2D eigenvalue weighted by atomic mass is 16.5. The van der Waals surface area contributed by atoms with Crippen LogP contribution in [0.25, 0.3) is 0 Å². The van der Waals surface area contributed by atoms with E-state index in [1.165, 1.54) is 5.56 Å². The average Bonchev–Trinajstić information content (AvgIpc) is 2.85. The molecule has 0 aromatic heterocycles. The highest BCUT2D eigenvalue weighted by molar-refractivity contribution is 5.78. The zero-order valence-electron chi connectivity index (χ0n) is 11.6. The van der Waals surface area contributed by atoms with Crippen LogP contribution < -0.4 is 15.4 Å². The second-order valence-electron chi connectivity index (χ2n) is 5.05. The Bertz CT molecular complexity index is 409. The van der Waals surface area contributed by atoms with Gasteiger partial charge in [0.15, 0.2) is 0 Å². The van der Waals surface area contributed by atoms with Gasteiger partial charge in [0.05, 0.1) is 13.1 Å². The van der Waals surface area contributed by atoms with Crippen LogP contribution >= 0.6 is 0 Å². The largest absolute Gasteiger partial charge is 0.488 e. The van der Waals surface area contributed by atoms with Gasteiger partial charge >= 0.3 is 0 Å². The number of fused-ring (bicyclic) bond motifs is 1. The van der Waals surface area contributed by atoms with E-state index in [1.807, 2.05) is 18.2 Å². The molecular formula is C15H22N2O2. The minimum atomic E-state index is 0.0276. The van der Waals surface area contributed by atoms with E-state index in [0.717, 1.165) is 18.6 Å². The number of carbonyl (C=O) groups excluding carboxylic acids is 1. The van der Waals surface area contributed by atoms with Gasteiger partial charge in [0.1, 0.15) is 11.9 Å². The molecule has 1 aromatic rings. The minimum Gasteiger partial charge on any atom is -0.488 e. The molecule has 1 amide bonds. The molecule has 0 radical (unpaired) electrons. The molecular weight excluding hydrogens is 240 g/mol. The molecule has 2 rings (SSSR count). The van der Waals surface area contributed by atoms with Gasteiger partial charge in [-0.05, 0) is 25.0 Å². The first-order chi connectivity index (χ1) is 9.19. The summed E-state index contributed by atoms with van der Waals surface area (Å²) in [5.74, 6) is 0.972. The molecule has 104 valence electrons. The predicted octanol–water partition coefficient (Wildman–Crippen LogP) is 1.49. The molecule has 19 heavy (non-hydrogen) atoms. The lowest BCUT2D eigenvalue weighted by molar-refractivity contribution is -0.120. The molecule has 0 saturated heterocycles. The molecule has 1 aromatic carbocycles. The summed E-state index contributed by atoms with van der Waals surface area (Å²) in [5, 5.41) is 6.08. The Morgan fingerprint density at radius 1 is 1.47 bits per heavy atom. The summed E-state index contributed by atoms with van der Waals surface area (Å²) in [6.07, 6.45) is 1.95. The maximum atomic E-state index is 11.7. The van der Waals surface area contributed by atoms with Gasteiger partial charge in [-0.1, -0.05) is 25.1 Å². The molecule has 0 aliphatic carbocycles. The number of hydrogen-bond donors (Lipinski definition) is 2. The van der Waals surface area contributed by atoms with E-state index in [9.17, 15) is 4.79 Å². The summed E-state index contributed by atoms with van der Waals surface area (Å²) in [6, 6.07) is 8.40. The lowest BCUT2D eigenvalue weighted by Gasteiger charge is -2.14. The van der Waals surface area contributed by atoms with Crippen molar-refractivity contribution in [3.05, 3.63) is 29.8 Å². The Morgan fingerprint density at radius 3 is 3.00 bits per heavy atom. The zero-order valence-corrected chi connectivity index (χ0v) is 11.6. The first kappa shape index (κ1) is 13.9. The van der Waals surface area contributed by atoms with Gasteiger partial charge in [-0.25, -0.2) is 0 Å². The first-order valence-electron chi connectivity index (χ1n) is 6.93. The second-order valence-corrected chi connectivity index (χ2v) is 5.05. The number of benzene rings is 1. The fourth-order valence-corrected chi connectivity index (χ4v) is 2.07. The highest BCUT2D eigenvalue weighted by Gasteiger charge is 2.22. The molecule has 4 heteroatoms. The van der Waals surface area contributed by atoms with Crippen molar-refractivity contribution < 1.29 is 9.53 Å². The molecule has 0 bridgehead atoms. The third kappa shape index (κ3) is 3.96. The van der Waals surface area contributed by atoms with E-state index in [0.29, 0.717) is 19.1 Å². The maximum Gasteiger partial charge on any atom is 0.234 e. The number of ether oxygens (including phenoxy) is 1. The van der Waals surface area contributed by atoms with E-state index in [2.05, 4.69) is 30.5 Å². The van der Waals surface area contributed by atoms with Crippen molar-refractivity contribution in [3.8, 4) is 5.75 Å². The summed E-state index contributed by atoms with van der Waals surface area (Å²) in [4.78, 5) is 11.7. The average molecular weight is 262 g/mol. The van der Waals surface area contributed by atoms with Gasteiger partial charge in [0, 0.05) is 12.5 Å². The number of nitrogens with one attached hydrogen (secondary N) is 2. The van der Waals surface area contributed by atoms with Gasteiger partial charge in [-0.15, -0.1) is 0 Å². The number of rotatable bonds is 6. The predicted molar refractivity (Wildman–Crippen MR) is 75.3 cm³/mol. The Labute approximate surface area is 114 Å². The van der Waals surface area contributed by atoms with Gasteiger partial charge in [-0.2, -0.15) is 0 Å². The number of para-hydroxylation sites is 1. The van der Waals surface area contributed by atoms with Crippen molar-refractivity contribution in [2.75, 3.05) is 13.1 Å². The fourth-order valence-electron chi connectivity index (χ4n) is 2.07. The van der Waals surface area contributed by atoms with E-state index in [1.54, 1.807) is 0 Å². The molecule has 1 heterocycles. The van der Waals surface area contributed by atoms with Crippen LogP contribution in [0.5, 0.6) is 5.75 Å². The van der Waals surface area contributed by atoms with E-state index >= 15 is 0 Å². The van der Waals surface area contributed by atoms with Crippen LogP contribution in [-0.2, 0) is 11.2 Å². The van der Waals surface area contributed by atoms with E-state index in [-0.39, 0.29) is 12.0 Å². The normalized spacial score (nSPS) is 18.5. The quantitative estimate of drug-likeness (QED) is 0.816. The molecule has 1 aliphatic rings. The summed E-state index contributed by atoms with van der Waals surface area (Å²) in [5.41, 5.74) is 1.22. The molecule has 2 N–H and O–H groups in total. The van der Waals surface area contributed by atoms with Crippen LogP contribution in [-0.4, -0.2) is 31.1 Å². The molecule has 0 saturated carbocycles. The topological polar surface area (TPSA) is 50.4 Å². The SMILES string of the molecule is CCC(C)NCC(=O)NCC1Cc2ccccc2O1. The molecule has 1 aliphatic heterocycles. The van der Waals surface area contributed by atoms with Crippen molar-refractivity contribution >= 4 is 5.91 Å². The smallest absolute Gasteiger partial charge is 0.234 e. The zero-order chi connectivity index (χ0) is 13.7. The van der Waals surface area contributed by atoms with Gasteiger partial charge in [0.2, 0.25) is 5.91 Å².